The molecule has 92 valence electrons. The van der Waals surface area contributed by atoms with Crippen LogP contribution in [-0.2, 0) is 0 Å². The highest BCUT2D eigenvalue weighted by Crippen LogP contribution is 2.13. The fraction of sp³-hybridized carbons (Fsp3) is 0.583. The largest absolute Gasteiger partial charge is 0.355 e. The van der Waals surface area contributed by atoms with Gasteiger partial charge in [-0.2, -0.15) is 10.2 Å². The van der Waals surface area contributed by atoms with E-state index in [0.29, 0.717) is 12.5 Å². The van der Waals surface area contributed by atoms with Gasteiger partial charge in [0.05, 0.1) is 12.0 Å². The van der Waals surface area contributed by atoms with Crippen LogP contribution in [0.15, 0.2) is 12.3 Å². The Balaban J connectivity index is 2.81. The second kappa shape index (κ2) is 6.69. The second-order valence-corrected chi connectivity index (χ2v) is 3.84. The van der Waals surface area contributed by atoms with E-state index in [9.17, 15) is 0 Å². The Labute approximate surface area is 102 Å². The molecule has 0 aromatic carbocycles. The molecular weight excluding hydrogens is 214 g/mol. The fourth-order valence-electron chi connectivity index (χ4n) is 1.52. The minimum absolute atomic E-state index is 0.00694. The van der Waals surface area contributed by atoms with Crippen LogP contribution in [0.1, 0.15) is 20.8 Å². The van der Waals surface area contributed by atoms with E-state index in [4.69, 9.17) is 5.26 Å². The van der Waals surface area contributed by atoms with Gasteiger partial charge in [0.2, 0.25) is 5.95 Å². The van der Waals surface area contributed by atoms with Gasteiger partial charge in [-0.15, -0.1) is 0 Å². The molecule has 0 saturated carbocycles. The van der Waals surface area contributed by atoms with E-state index >= 15 is 0 Å². The molecular formula is C12H19N5. The molecule has 1 atom stereocenters. The molecule has 1 heterocycles. The number of hydrogen-bond donors (Lipinski definition) is 1. The number of aromatic nitrogens is 2. The first-order chi connectivity index (χ1) is 8.21. The molecule has 1 N–H and O–H groups in total. The van der Waals surface area contributed by atoms with Crippen LogP contribution < -0.4 is 10.2 Å². The van der Waals surface area contributed by atoms with Crippen LogP contribution in [0.3, 0.4) is 0 Å². The van der Waals surface area contributed by atoms with E-state index in [0.717, 1.165) is 18.9 Å². The van der Waals surface area contributed by atoms with Crippen molar-refractivity contribution in [3.05, 3.63) is 12.3 Å². The average molecular weight is 233 g/mol. The molecule has 0 fully saturated rings. The highest BCUT2D eigenvalue weighted by Gasteiger charge is 2.10. The fourth-order valence-corrected chi connectivity index (χ4v) is 1.52. The normalized spacial score (nSPS) is 11.6. The number of nitrogens with one attached hydrogen (secondary N) is 1. The predicted octanol–water partition coefficient (Wildman–Crippen LogP) is 1.89. The third-order valence-corrected chi connectivity index (χ3v) is 2.40. The highest BCUT2D eigenvalue weighted by atomic mass is 15.2. The third-order valence-electron chi connectivity index (χ3n) is 2.40. The molecule has 5 nitrogen and oxygen atoms in total. The summed E-state index contributed by atoms with van der Waals surface area (Å²) in [4.78, 5) is 10.6. The van der Waals surface area contributed by atoms with Gasteiger partial charge in [0.15, 0.2) is 0 Å². The van der Waals surface area contributed by atoms with Crippen molar-refractivity contribution in [1.29, 1.82) is 5.26 Å². The zero-order valence-electron chi connectivity index (χ0n) is 10.6. The Morgan fingerprint density at radius 3 is 2.88 bits per heavy atom. The van der Waals surface area contributed by atoms with Gasteiger partial charge in [0, 0.05) is 25.8 Å². The Kier molecular flexibility index (Phi) is 5.21. The van der Waals surface area contributed by atoms with Crippen molar-refractivity contribution in [2.45, 2.75) is 20.8 Å². The van der Waals surface area contributed by atoms with Crippen LogP contribution in [-0.4, -0.2) is 29.6 Å². The highest BCUT2D eigenvalue weighted by molar-refractivity contribution is 5.42. The molecule has 5 heteroatoms. The SMILES string of the molecule is CCNc1nccc(N(CC)CC(C)C#N)n1. The van der Waals surface area contributed by atoms with Crippen molar-refractivity contribution in [3.8, 4) is 6.07 Å². The van der Waals surface area contributed by atoms with Gasteiger partial charge in [-0.05, 0) is 26.8 Å². The molecule has 1 aromatic heterocycles. The van der Waals surface area contributed by atoms with Gasteiger partial charge in [0.1, 0.15) is 5.82 Å². The lowest BCUT2D eigenvalue weighted by Gasteiger charge is -2.23. The Morgan fingerprint density at radius 1 is 1.53 bits per heavy atom. The molecule has 0 spiro atoms. The topological polar surface area (TPSA) is 64.8 Å². The van der Waals surface area contributed by atoms with Crippen LogP contribution in [0, 0.1) is 17.2 Å². The number of hydrogen-bond acceptors (Lipinski definition) is 5. The van der Waals surface area contributed by atoms with Crippen LogP contribution >= 0.6 is 0 Å². The van der Waals surface area contributed by atoms with Crippen LogP contribution in [0.4, 0.5) is 11.8 Å². The summed E-state index contributed by atoms with van der Waals surface area (Å²) in [7, 11) is 0. The van der Waals surface area contributed by atoms with Gasteiger partial charge >= 0.3 is 0 Å². The maximum atomic E-state index is 8.84. The summed E-state index contributed by atoms with van der Waals surface area (Å²) in [5.74, 6) is 1.49. The monoisotopic (exact) mass is 233 g/mol. The molecule has 0 amide bonds. The first-order valence-electron chi connectivity index (χ1n) is 5.92. The summed E-state index contributed by atoms with van der Waals surface area (Å²) in [6.07, 6.45) is 1.74. The van der Waals surface area contributed by atoms with Gasteiger partial charge in [-0.25, -0.2) is 4.98 Å². The van der Waals surface area contributed by atoms with E-state index in [2.05, 4.69) is 33.2 Å². The van der Waals surface area contributed by atoms with Crippen molar-refractivity contribution >= 4 is 11.8 Å². The molecule has 1 aromatic rings. The number of anilines is 2. The maximum absolute atomic E-state index is 8.84. The molecule has 0 aliphatic rings. The summed E-state index contributed by atoms with van der Waals surface area (Å²) in [5, 5.41) is 11.9. The van der Waals surface area contributed by atoms with Gasteiger partial charge < -0.3 is 10.2 Å². The average Bonchev–Trinajstić information content (AvgIpc) is 2.36. The van der Waals surface area contributed by atoms with E-state index in [-0.39, 0.29) is 5.92 Å². The number of rotatable bonds is 6. The van der Waals surface area contributed by atoms with Crippen molar-refractivity contribution in [1.82, 2.24) is 9.97 Å². The third kappa shape index (κ3) is 3.91. The molecule has 1 rings (SSSR count). The zero-order chi connectivity index (χ0) is 12.7. The van der Waals surface area contributed by atoms with Crippen LogP contribution in [0.5, 0.6) is 0 Å². The van der Waals surface area contributed by atoms with Crippen LogP contribution in [0.2, 0.25) is 0 Å². The zero-order valence-corrected chi connectivity index (χ0v) is 10.6. The lowest BCUT2D eigenvalue weighted by Crippen LogP contribution is -2.28. The number of nitrogens with zero attached hydrogens (tertiary/aromatic N) is 4. The molecule has 17 heavy (non-hydrogen) atoms. The molecule has 0 aliphatic carbocycles. The molecule has 0 saturated heterocycles. The lowest BCUT2D eigenvalue weighted by atomic mass is 10.2. The van der Waals surface area contributed by atoms with Gasteiger partial charge in [0.25, 0.3) is 0 Å². The summed E-state index contributed by atoms with van der Waals surface area (Å²) in [6, 6.07) is 4.11. The Bertz CT molecular complexity index is 385. The van der Waals surface area contributed by atoms with Gasteiger partial charge in [-0.3, -0.25) is 0 Å². The summed E-state index contributed by atoms with van der Waals surface area (Å²) < 4.78 is 0. The van der Waals surface area contributed by atoms with E-state index in [1.54, 1.807) is 6.20 Å². The van der Waals surface area contributed by atoms with Gasteiger partial charge in [-0.1, -0.05) is 0 Å². The molecule has 0 aliphatic heterocycles. The van der Waals surface area contributed by atoms with Crippen molar-refractivity contribution < 1.29 is 0 Å². The predicted molar refractivity (Wildman–Crippen MR) is 68.9 cm³/mol. The Hall–Kier alpha value is -1.83. The first kappa shape index (κ1) is 13.2. The van der Waals surface area contributed by atoms with E-state index in [1.807, 2.05) is 19.9 Å². The quantitative estimate of drug-likeness (QED) is 0.813. The summed E-state index contributed by atoms with van der Waals surface area (Å²) >= 11 is 0. The number of nitriles is 1. The first-order valence-corrected chi connectivity index (χ1v) is 5.92. The minimum Gasteiger partial charge on any atom is -0.355 e. The smallest absolute Gasteiger partial charge is 0.224 e. The minimum atomic E-state index is -0.00694. The molecule has 1 unspecified atom stereocenters. The van der Waals surface area contributed by atoms with E-state index < -0.39 is 0 Å². The van der Waals surface area contributed by atoms with Crippen molar-refractivity contribution in [3.63, 3.8) is 0 Å². The summed E-state index contributed by atoms with van der Waals surface area (Å²) in [6.45, 7) is 8.29. The standard InChI is InChI=1S/C12H19N5/c1-4-14-12-15-7-6-11(16-12)17(5-2)9-10(3)8-13/h6-7,10H,4-5,9H2,1-3H3,(H,14,15,16). The molecule has 0 radical (unpaired) electrons. The lowest BCUT2D eigenvalue weighted by molar-refractivity contribution is 0.679. The van der Waals surface area contributed by atoms with Crippen molar-refractivity contribution in [2.75, 3.05) is 29.9 Å². The second-order valence-electron chi connectivity index (χ2n) is 3.84. The Morgan fingerprint density at radius 2 is 2.29 bits per heavy atom. The van der Waals surface area contributed by atoms with Crippen LogP contribution in [0.25, 0.3) is 0 Å². The van der Waals surface area contributed by atoms with E-state index in [1.165, 1.54) is 0 Å². The summed E-state index contributed by atoms with van der Waals surface area (Å²) in [5.41, 5.74) is 0. The molecule has 0 bridgehead atoms. The van der Waals surface area contributed by atoms with Crippen molar-refractivity contribution in [2.24, 2.45) is 5.92 Å². The maximum Gasteiger partial charge on any atom is 0.224 e.